The van der Waals surface area contributed by atoms with Crippen LogP contribution >= 0.6 is 32.9 Å². The van der Waals surface area contributed by atoms with E-state index in [4.69, 9.17) is 0 Å². The number of halogens is 2. The predicted molar refractivity (Wildman–Crippen MR) is 54.8 cm³/mol. The Morgan fingerprint density at radius 2 is 1.91 bits per heavy atom. The Labute approximate surface area is 84.7 Å². The molecule has 0 fully saturated rings. The van der Waals surface area contributed by atoms with E-state index in [-0.39, 0.29) is 21.7 Å². The van der Waals surface area contributed by atoms with Crippen molar-refractivity contribution in [2.45, 2.75) is 6.92 Å². The molecule has 0 aliphatic heterocycles. The molecule has 0 spiro atoms. The van der Waals surface area contributed by atoms with Crippen LogP contribution < -0.4 is 0 Å². The summed E-state index contributed by atoms with van der Waals surface area (Å²) in [5.41, 5.74) is 1.74. The second-order valence-corrected chi connectivity index (χ2v) is 2.81. The molecule has 1 rings (SSSR count). The van der Waals surface area contributed by atoms with E-state index >= 15 is 0 Å². The van der Waals surface area contributed by atoms with Crippen LogP contribution in [0.2, 0.25) is 0 Å². The Morgan fingerprint density at radius 3 is 2.27 bits per heavy atom. The maximum Gasteiger partial charge on any atom is 0.228 e. The summed E-state index contributed by atoms with van der Waals surface area (Å²) in [6, 6.07) is 7.47. The maximum atomic E-state index is 10.8. The van der Waals surface area contributed by atoms with Gasteiger partial charge in [-0.25, -0.2) is 0 Å². The van der Waals surface area contributed by atoms with E-state index in [1.54, 1.807) is 6.07 Å². The molecule has 0 radical (unpaired) electrons. The number of benzene rings is 1. The zero-order valence-electron chi connectivity index (χ0n) is 6.00. The first-order chi connectivity index (χ1) is 4.72. The second-order valence-electron chi connectivity index (χ2n) is 2.09. The molecule has 0 saturated carbocycles. The number of hydrogen-bond acceptors (Lipinski definition) is 1. The molecule has 3 heteroatoms. The average Bonchev–Trinajstić information content (AvgIpc) is 1.88. The van der Waals surface area contributed by atoms with Gasteiger partial charge in [-0.15, -0.1) is 17.0 Å². The molecule has 1 aromatic rings. The van der Waals surface area contributed by atoms with Gasteiger partial charge in [-0.05, 0) is 28.4 Å². The van der Waals surface area contributed by atoms with Gasteiger partial charge in [-0.3, -0.25) is 4.79 Å². The molecular weight excluding hydrogens is 272 g/mol. The highest BCUT2D eigenvalue weighted by Gasteiger charge is 2.01. The lowest BCUT2D eigenvalue weighted by Crippen LogP contribution is -1.90. The zero-order valence-corrected chi connectivity index (χ0v) is 9.30. The highest BCUT2D eigenvalue weighted by atomic mass is 79.9. The van der Waals surface area contributed by atoms with Crippen LogP contribution in [0, 0.1) is 6.92 Å². The molecular formula is C8H8Br2O. The van der Waals surface area contributed by atoms with Crippen molar-refractivity contribution in [2.75, 3.05) is 0 Å². The summed E-state index contributed by atoms with van der Waals surface area (Å²) in [6.07, 6.45) is 0. The molecule has 0 unspecified atom stereocenters. The Kier molecular flexibility index (Phi) is 4.61. The van der Waals surface area contributed by atoms with E-state index in [0.29, 0.717) is 0 Å². The molecule has 0 aromatic heterocycles. The second kappa shape index (κ2) is 4.67. The third-order valence-corrected chi connectivity index (χ3v) is 1.78. The first kappa shape index (κ1) is 10.8. The highest BCUT2D eigenvalue weighted by Crippen LogP contribution is 2.10. The van der Waals surface area contributed by atoms with Gasteiger partial charge in [0, 0.05) is 5.56 Å². The van der Waals surface area contributed by atoms with Crippen molar-refractivity contribution in [1.82, 2.24) is 0 Å². The van der Waals surface area contributed by atoms with Crippen LogP contribution in [0.25, 0.3) is 0 Å². The van der Waals surface area contributed by atoms with Crippen molar-refractivity contribution >= 4 is 37.6 Å². The number of carbonyl (C=O) groups is 1. The molecule has 0 aliphatic rings. The van der Waals surface area contributed by atoms with Crippen LogP contribution in [0.1, 0.15) is 15.9 Å². The van der Waals surface area contributed by atoms with Gasteiger partial charge in [-0.2, -0.15) is 0 Å². The summed E-state index contributed by atoms with van der Waals surface area (Å²) in [7, 11) is 0. The molecule has 1 nitrogen and oxygen atoms in total. The summed E-state index contributed by atoms with van der Waals surface area (Å²) in [6.45, 7) is 1.91. The van der Waals surface area contributed by atoms with Crippen LogP contribution in [0.15, 0.2) is 24.3 Å². The van der Waals surface area contributed by atoms with E-state index in [1.807, 2.05) is 25.1 Å². The molecule has 1 aromatic carbocycles. The summed E-state index contributed by atoms with van der Waals surface area (Å²) in [5, 5.41) is 0. The first-order valence-corrected chi connectivity index (χ1v) is 3.76. The van der Waals surface area contributed by atoms with Gasteiger partial charge in [0.05, 0.1) is 0 Å². The van der Waals surface area contributed by atoms with Crippen LogP contribution in [0.5, 0.6) is 0 Å². The van der Waals surface area contributed by atoms with Crippen LogP contribution in [-0.4, -0.2) is 4.69 Å². The Bertz CT molecular complexity index is 258. The molecule has 0 N–H and O–H groups in total. The summed E-state index contributed by atoms with van der Waals surface area (Å²) >= 11 is 2.89. The van der Waals surface area contributed by atoms with Gasteiger partial charge in [0.25, 0.3) is 0 Å². The average molecular weight is 280 g/mol. The molecule has 0 saturated heterocycles. The number of hydrogen-bond donors (Lipinski definition) is 0. The maximum absolute atomic E-state index is 10.8. The van der Waals surface area contributed by atoms with Crippen molar-refractivity contribution in [3.05, 3.63) is 35.4 Å². The minimum Gasteiger partial charge on any atom is -0.281 e. The Morgan fingerprint density at radius 1 is 1.36 bits per heavy atom. The standard InChI is InChI=1S/C8H7BrO.BrH/c1-6-4-2-3-5-7(6)8(9)10;/h2-5H,1H3;1H. The molecule has 11 heavy (non-hydrogen) atoms. The van der Waals surface area contributed by atoms with Crippen LogP contribution in [-0.2, 0) is 0 Å². The summed E-state index contributed by atoms with van der Waals surface area (Å²) in [5.74, 6) is 0. The lowest BCUT2D eigenvalue weighted by Gasteiger charge is -1.96. The largest absolute Gasteiger partial charge is 0.281 e. The number of aryl methyl sites for hydroxylation is 1. The SMILES string of the molecule is Br.Cc1ccccc1C(=O)Br. The zero-order chi connectivity index (χ0) is 7.56. The topological polar surface area (TPSA) is 17.1 Å². The van der Waals surface area contributed by atoms with Gasteiger partial charge >= 0.3 is 0 Å². The Hall–Kier alpha value is -0.150. The smallest absolute Gasteiger partial charge is 0.228 e. The lowest BCUT2D eigenvalue weighted by atomic mass is 10.1. The monoisotopic (exact) mass is 278 g/mol. The fourth-order valence-electron chi connectivity index (χ4n) is 0.793. The highest BCUT2D eigenvalue weighted by molar-refractivity contribution is 9.18. The molecule has 0 amide bonds. The fraction of sp³-hybridized carbons (Fsp3) is 0.125. The quantitative estimate of drug-likeness (QED) is 0.722. The van der Waals surface area contributed by atoms with Crippen molar-refractivity contribution in [2.24, 2.45) is 0 Å². The van der Waals surface area contributed by atoms with Gasteiger partial charge in [0.15, 0.2) is 0 Å². The number of carbonyl (C=O) groups excluding carboxylic acids is 1. The van der Waals surface area contributed by atoms with E-state index < -0.39 is 0 Å². The van der Waals surface area contributed by atoms with E-state index in [1.165, 1.54) is 0 Å². The van der Waals surface area contributed by atoms with E-state index in [2.05, 4.69) is 15.9 Å². The third kappa shape index (κ3) is 2.75. The molecule has 0 atom stereocenters. The fourth-order valence-corrected chi connectivity index (χ4v) is 1.24. The number of rotatable bonds is 1. The summed E-state index contributed by atoms with van der Waals surface area (Å²) in [4.78, 5) is 10.8. The van der Waals surface area contributed by atoms with Crippen LogP contribution in [0.3, 0.4) is 0 Å². The van der Waals surface area contributed by atoms with Crippen LogP contribution in [0.4, 0.5) is 0 Å². The van der Waals surface area contributed by atoms with Crippen molar-refractivity contribution in [1.29, 1.82) is 0 Å². The third-order valence-electron chi connectivity index (χ3n) is 1.36. The Balaban J connectivity index is 0.000001000. The molecule has 0 aliphatic carbocycles. The van der Waals surface area contributed by atoms with Gasteiger partial charge in [0.1, 0.15) is 0 Å². The molecule has 0 bridgehead atoms. The van der Waals surface area contributed by atoms with Gasteiger partial charge in [-0.1, -0.05) is 24.3 Å². The van der Waals surface area contributed by atoms with Gasteiger partial charge in [0.2, 0.25) is 4.69 Å². The molecule has 0 heterocycles. The minimum absolute atomic E-state index is 0. The molecule has 60 valence electrons. The first-order valence-electron chi connectivity index (χ1n) is 2.97. The van der Waals surface area contributed by atoms with E-state index in [9.17, 15) is 4.79 Å². The van der Waals surface area contributed by atoms with Gasteiger partial charge < -0.3 is 0 Å². The van der Waals surface area contributed by atoms with Crippen molar-refractivity contribution < 1.29 is 4.79 Å². The van der Waals surface area contributed by atoms with Crippen molar-refractivity contribution in [3.8, 4) is 0 Å². The van der Waals surface area contributed by atoms with E-state index in [0.717, 1.165) is 11.1 Å². The summed E-state index contributed by atoms with van der Waals surface area (Å²) < 4.78 is -0.0504. The predicted octanol–water partition coefficient (Wildman–Crippen LogP) is 3.11. The lowest BCUT2D eigenvalue weighted by molar-refractivity contribution is 0.109. The minimum atomic E-state index is -0.0504. The normalized spacial score (nSPS) is 8.55. The van der Waals surface area contributed by atoms with Crippen molar-refractivity contribution in [3.63, 3.8) is 0 Å².